The molecule has 3 atom stereocenters. The first-order valence-electron chi connectivity index (χ1n) is 11.2. The van der Waals surface area contributed by atoms with Crippen LogP contribution in [0.2, 0.25) is 0 Å². The minimum Gasteiger partial charge on any atom is -0.355 e. The summed E-state index contributed by atoms with van der Waals surface area (Å²) in [7, 11) is 1.76. The van der Waals surface area contributed by atoms with Crippen LogP contribution in [-0.4, -0.2) is 79.2 Å². The molecule has 9 nitrogen and oxygen atoms in total. The van der Waals surface area contributed by atoms with E-state index in [0.29, 0.717) is 38.9 Å². The Hall–Kier alpha value is -2.94. The fraction of sp³-hybridized carbons (Fsp3) is 0.565. The quantitative estimate of drug-likeness (QED) is 0.575. The van der Waals surface area contributed by atoms with Crippen LogP contribution in [0.1, 0.15) is 36.9 Å². The number of piperidine rings is 1. The Morgan fingerprint density at radius 2 is 1.97 bits per heavy atom. The Morgan fingerprint density at radius 3 is 2.69 bits per heavy atom. The minimum absolute atomic E-state index is 0.00761. The molecule has 0 saturated carbocycles. The van der Waals surface area contributed by atoms with Gasteiger partial charge in [0.05, 0.1) is 30.6 Å². The largest absolute Gasteiger partial charge is 0.355 e. The normalized spacial score (nSPS) is 28.1. The molecule has 9 heteroatoms. The van der Waals surface area contributed by atoms with Gasteiger partial charge < -0.3 is 20.9 Å². The number of carbonyl (C=O) groups is 4. The second kappa shape index (κ2) is 8.90. The highest BCUT2D eigenvalue weighted by atomic mass is 16.2. The lowest BCUT2D eigenvalue weighted by molar-refractivity contribution is -0.137. The Labute approximate surface area is 187 Å². The Balaban J connectivity index is 1.43. The Kier molecular flexibility index (Phi) is 6.19. The SMILES string of the molecule is CN1CCN(CC(=O)N[C@@H]2c3ccccc3C[C@H]2NC(=O)C2(C)CCC(=O)NC2)CC1=O. The molecular formula is C23H31N5O4. The summed E-state index contributed by atoms with van der Waals surface area (Å²) in [5.41, 5.74) is 1.43. The predicted molar refractivity (Wildman–Crippen MR) is 117 cm³/mol. The van der Waals surface area contributed by atoms with Crippen molar-refractivity contribution in [1.29, 1.82) is 0 Å². The van der Waals surface area contributed by atoms with Crippen molar-refractivity contribution in [2.75, 3.05) is 39.8 Å². The summed E-state index contributed by atoms with van der Waals surface area (Å²) in [6.07, 6.45) is 1.46. The van der Waals surface area contributed by atoms with E-state index in [1.54, 1.807) is 11.9 Å². The first-order chi connectivity index (χ1) is 15.2. The van der Waals surface area contributed by atoms with E-state index in [-0.39, 0.29) is 48.8 Å². The van der Waals surface area contributed by atoms with Crippen molar-refractivity contribution in [3.05, 3.63) is 35.4 Å². The van der Waals surface area contributed by atoms with Gasteiger partial charge in [-0.15, -0.1) is 0 Å². The van der Waals surface area contributed by atoms with Gasteiger partial charge in [0.25, 0.3) is 0 Å². The first kappa shape index (κ1) is 22.3. The average molecular weight is 442 g/mol. The number of carbonyl (C=O) groups excluding carboxylic acids is 4. The van der Waals surface area contributed by atoms with Crippen molar-refractivity contribution in [2.24, 2.45) is 5.41 Å². The molecule has 1 aromatic carbocycles. The molecule has 32 heavy (non-hydrogen) atoms. The third-order valence-electron chi connectivity index (χ3n) is 6.90. The van der Waals surface area contributed by atoms with E-state index in [0.717, 1.165) is 11.1 Å². The summed E-state index contributed by atoms with van der Waals surface area (Å²) in [6.45, 7) is 3.80. The molecule has 1 aliphatic carbocycles. The molecule has 4 amide bonds. The first-order valence-corrected chi connectivity index (χ1v) is 11.2. The fourth-order valence-corrected chi connectivity index (χ4v) is 4.67. The van der Waals surface area contributed by atoms with E-state index in [4.69, 9.17) is 0 Å². The van der Waals surface area contributed by atoms with Crippen LogP contribution in [0.3, 0.4) is 0 Å². The third-order valence-corrected chi connectivity index (χ3v) is 6.90. The highest BCUT2D eigenvalue weighted by Crippen LogP contribution is 2.33. The minimum atomic E-state index is -0.669. The number of hydrogen-bond donors (Lipinski definition) is 3. The number of nitrogens with one attached hydrogen (secondary N) is 3. The average Bonchev–Trinajstić information content (AvgIpc) is 3.10. The van der Waals surface area contributed by atoms with Gasteiger partial charge >= 0.3 is 0 Å². The maximum atomic E-state index is 13.1. The van der Waals surface area contributed by atoms with Crippen LogP contribution in [0.25, 0.3) is 0 Å². The van der Waals surface area contributed by atoms with E-state index in [1.807, 2.05) is 36.1 Å². The summed E-state index contributed by atoms with van der Waals surface area (Å²) in [5.74, 6) is -0.303. The summed E-state index contributed by atoms with van der Waals surface area (Å²) in [5, 5.41) is 9.03. The van der Waals surface area contributed by atoms with E-state index in [9.17, 15) is 19.2 Å². The van der Waals surface area contributed by atoms with Gasteiger partial charge in [0.15, 0.2) is 0 Å². The number of amides is 4. The lowest BCUT2D eigenvalue weighted by Gasteiger charge is -2.35. The Bertz CT molecular complexity index is 923. The van der Waals surface area contributed by atoms with E-state index < -0.39 is 5.41 Å². The highest BCUT2D eigenvalue weighted by Gasteiger charge is 2.41. The fourth-order valence-electron chi connectivity index (χ4n) is 4.67. The predicted octanol–water partition coefficient (Wildman–Crippen LogP) is -0.425. The molecule has 2 heterocycles. The molecule has 0 aromatic heterocycles. The number of benzene rings is 1. The van der Waals surface area contributed by atoms with Crippen LogP contribution in [0.15, 0.2) is 24.3 Å². The number of hydrogen-bond acceptors (Lipinski definition) is 5. The lowest BCUT2D eigenvalue weighted by Crippen LogP contribution is -2.55. The molecule has 2 aliphatic heterocycles. The molecule has 2 fully saturated rings. The van der Waals surface area contributed by atoms with Crippen LogP contribution in [0.5, 0.6) is 0 Å². The number of piperazine rings is 1. The number of likely N-dealkylation sites (N-methyl/N-ethyl adjacent to an activating group) is 1. The molecule has 4 rings (SSSR count). The van der Waals surface area contributed by atoms with Crippen molar-refractivity contribution < 1.29 is 19.2 Å². The van der Waals surface area contributed by atoms with Crippen molar-refractivity contribution in [3.63, 3.8) is 0 Å². The molecule has 3 aliphatic rings. The van der Waals surface area contributed by atoms with Gasteiger partial charge in [-0.1, -0.05) is 24.3 Å². The second-order valence-electron chi connectivity index (χ2n) is 9.39. The van der Waals surface area contributed by atoms with Gasteiger partial charge in [0.1, 0.15) is 0 Å². The Morgan fingerprint density at radius 1 is 1.19 bits per heavy atom. The molecule has 2 saturated heterocycles. The second-order valence-corrected chi connectivity index (χ2v) is 9.39. The van der Waals surface area contributed by atoms with Gasteiger partial charge in [-0.25, -0.2) is 0 Å². The molecule has 172 valence electrons. The van der Waals surface area contributed by atoms with Crippen molar-refractivity contribution >= 4 is 23.6 Å². The smallest absolute Gasteiger partial charge is 0.236 e. The summed E-state index contributed by atoms with van der Waals surface area (Å²) in [4.78, 5) is 53.0. The molecule has 0 bridgehead atoms. The standard InChI is InChI=1S/C23H31N5O4/c1-23(8-7-18(29)24-14-23)22(32)25-17-11-15-5-3-4-6-16(15)21(17)26-19(30)12-28-10-9-27(2)20(31)13-28/h3-6,17,21H,7-14H2,1-2H3,(H,24,29)(H,25,32)(H,26,30)/t17-,21-,23?/m1/s1. The zero-order chi connectivity index (χ0) is 22.9. The zero-order valence-corrected chi connectivity index (χ0v) is 18.6. The molecule has 3 N–H and O–H groups in total. The van der Waals surface area contributed by atoms with E-state index in [1.165, 1.54) is 0 Å². The summed E-state index contributed by atoms with van der Waals surface area (Å²) < 4.78 is 0. The van der Waals surface area contributed by atoms with Crippen molar-refractivity contribution in [3.8, 4) is 0 Å². The summed E-state index contributed by atoms with van der Waals surface area (Å²) >= 11 is 0. The number of nitrogens with zero attached hydrogens (tertiary/aromatic N) is 2. The van der Waals surface area contributed by atoms with Gasteiger partial charge in [-0.3, -0.25) is 24.1 Å². The monoisotopic (exact) mass is 441 g/mol. The van der Waals surface area contributed by atoms with Gasteiger partial charge in [0.2, 0.25) is 23.6 Å². The van der Waals surface area contributed by atoms with Gasteiger partial charge in [0, 0.05) is 33.1 Å². The van der Waals surface area contributed by atoms with E-state index in [2.05, 4.69) is 16.0 Å². The van der Waals surface area contributed by atoms with Crippen LogP contribution >= 0.6 is 0 Å². The van der Waals surface area contributed by atoms with Crippen LogP contribution < -0.4 is 16.0 Å². The third kappa shape index (κ3) is 4.62. The molecule has 1 aromatic rings. The molecular weight excluding hydrogens is 410 g/mol. The molecule has 1 unspecified atom stereocenters. The maximum absolute atomic E-state index is 13.1. The van der Waals surface area contributed by atoms with Gasteiger partial charge in [-0.2, -0.15) is 0 Å². The van der Waals surface area contributed by atoms with Crippen molar-refractivity contribution in [1.82, 2.24) is 25.8 Å². The maximum Gasteiger partial charge on any atom is 0.236 e. The number of rotatable bonds is 5. The number of fused-ring (bicyclic) bond motifs is 1. The highest BCUT2D eigenvalue weighted by molar-refractivity contribution is 5.87. The topological polar surface area (TPSA) is 111 Å². The van der Waals surface area contributed by atoms with Crippen molar-refractivity contribution in [2.45, 2.75) is 38.3 Å². The van der Waals surface area contributed by atoms with Gasteiger partial charge in [-0.05, 0) is 30.9 Å². The van der Waals surface area contributed by atoms with Crippen LogP contribution in [-0.2, 0) is 25.6 Å². The molecule has 0 radical (unpaired) electrons. The van der Waals surface area contributed by atoms with Crippen LogP contribution in [0.4, 0.5) is 0 Å². The lowest BCUT2D eigenvalue weighted by atomic mass is 9.81. The summed E-state index contributed by atoms with van der Waals surface area (Å²) in [6, 6.07) is 7.27. The van der Waals surface area contributed by atoms with Crippen LogP contribution in [0, 0.1) is 5.41 Å². The molecule has 0 spiro atoms. The van der Waals surface area contributed by atoms with E-state index >= 15 is 0 Å². The zero-order valence-electron chi connectivity index (χ0n) is 18.6.